The Hall–Kier alpha value is -2.65. The van der Waals surface area contributed by atoms with E-state index in [2.05, 4.69) is 52.7 Å². The number of fused-ring (bicyclic) bond motifs is 1. The third-order valence-corrected chi connectivity index (χ3v) is 5.03. The molecule has 0 aliphatic rings. The summed E-state index contributed by atoms with van der Waals surface area (Å²) in [6.07, 6.45) is 2.99. The van der Waals surface area contributed by atoms with Gasteiger partial charge in [0.2, 0.25) is 0 Å². The lowest BCUT2D eigenvalue weighted by Crippen LogP contribution is -2.25. The predicted molar refractivity (Wildman–Crippen MR) is 111 cm³/mol. The van der Waals surface area contributed by atoms with Crippen molar-refractivity contribution < 1.29 is 15.0 Å². The minimum atomic E-state index is -0.358. The van der Waals surface area contributed by atoms with Crippen molar-refractivity contribution >= 4 is 60.6 Å². The van der Waals surface area contributed by atoms with Crippen molar-refractivity contribution in [2.75, 3.05) is 11.9 Å². The number of aromatic hydroxyl groups is 2. The number of aromatic nitrogens is 1. The Labute approximate surface area is 171 Å². The number of nitrogens with zero attached hydrogens (tertiary/aromatic N) is 2. The third-order valence-electron chi connectivity index (χ3n) is 3.68. The molecule has 3 rings (SSSR count). The van der Waals surface area contributed by atoms with E-state index in [9.17, 15) is 15.0 Å². The maximum Gasteiger partial charge on any atom is 0.259 e. The molecule has 0 unspecified atom stereocenters. The second-order valence-corrected chi connectivity index (χ2v) is 7.13. The van der Waals surface area contributed by atoms with Crippen LogP contribution < -0.4 is 10.7 Å². The van der Waals surface area contributed by atoms with Crippen LogP contribution in [0.2, 0.25) is 0 Å². The molecule has 1 heterocycles. The molecule has 2 aromatic carbocycles. The summed E-state index contributed by atoms with van der Waals surface area (Å²) < 4.78 is 0.516. The maximum atomic E-state index is 12.0. The largest absolute Gasteiger partial charge is 0.506 e. The first-order valence-corrected chi connectivity index (χ1v) is 9.35. The van der Waals surface area contributed by atoms with Gasteiger partial charge in [-0.05, 0) is 62.2 Å². The first-order valence-electron chi connectivity index (χ1n) is 7.77. The van der Waals surface area contributed by atoms with Crippen LogP contribution >= 0.6 is 31.9 Å². The van der Waals surface area contributed by atoms with E-state index >= 15 is 0 Å². The summed E-state index contributed by atoms with van der Waals surface area (Å²) in [7, 11) is 0. The second kappa shape index (κ2) is 8.36. The number of rotatable bonds is 5. The van der Waals surface area contributed by atoms with Crippen LogP contribution in [0.1, 0.15) is 5.56 Å². The van der Waals surface area contributed by atoms with Gasteiger partial charge in [0.15, 0.2) is 0 Å². The predicted octanol–water partition coefficient (Wildman–Crippen LogP) is 3.73. The summed E-state index contributed by atoms with van der Waals surface area (Å²) in [5.74, 6) is -0.666. The Kier molecular flexibility index (Phi) is 5.92. The smallest absolute Gasteiger partial charge is 0.259 e. The Morgan fingerprint density at radius 3 is 2.81 bits per heavy atom. The third kappa shape index (κ3) is 4.37. The molecule has 0 aliphatic heterocycles. The van der Waals surface area contributed by atoms with Crippen molar-refractivity contribution in [1.29, 1.82) is 0 Å². The molecule has 0 aliphatic carbocycles. The number of nitrogens with one attached hydrogen (secondary N) is 2. The number of hydrogen-bond donors (Lipinski definition) is 4. The molecule has 0 saturated heterocycles. The molecule has 7 nitrogen and oxygen atoms in total. The molecule has 4 N–H and O–H groups in total. The average molecular weight is 494 g/mol. The Morgan fingerprint density at radius 2 is 2.00 bits per heavy atom. The molecular weight excluding hydrogens is 480 g/mol. The van der Waals surface area contributed by atoms with Gasteiger partial charge in [0, 0.05) is 22.8 Å². The Morgan fingerprint density at radius 1 is 1.19 bits per heavy atom. The standard InChI is InChI=1S/C18H14Br2N4O3/c19-12-7-10(17(26)16(20)18(12)27)8-23-24-15(25)9-22-14-5-1-4-13-11(14)3-2-6-21-13/h1-8,22,26-27H,9H2,(H,24,25)/b23-8+. The van der Waals surface area contributed by atoms with E-state index in [0.717, 1.165) is 16.6 Å². The highest BCUT2D eigenvalue weighted by atomic mass is 79.9. The van der Waals surface area contributed by atoms with Gasteiger partial charge in [0.25, 0.3) is 5.91 Å². The van der Waals surface area contributed by atoms with Crippen LogP contribution in [0.4, 0.5) is 5.69 Å². The van der Waals surface area contributed by atoms with E-state index in [1.54, 1.807) is 6.20 Å². The van der Waals surface area contributed by atoms with Gasteiger partial charge in [-0.3, -0.25) is 9.78 Å². The Bertz CT molecular complexity index is 1040. The molecule has 0 bridgehead atoms. The van der Waals surface area contributed by atoms with E-state index in [-0.39, 0.29) is 28.4 Å². The number of hydrogen-bond acceptors (Lipinski definition) is 6. The highest BCUT2D eigenvalue weighted by Crippen LogP contribution is 2.40. The summed E-state index contributed by atoms with van der Waals surface area (Å²) in [5, 5.41) is 27.5. The van der Waals surface area contributed by atoms with Crippen molar-refractivity contribution in [3.63, 3.8) is 0 Å². The second-order valence-electron chi connectivity index (χ2n) is 5.48. The summed E-state index contributed by atoms with van der Waals surface area (Å²) in [5.41, 5.74) is 4.33. The zero-order chi connectivity index (χ0) is 19.4. The van der Waals surface area contributed by atoms with E-state index in [0.29, 0.717) is 10.0 Å². The van der Waals surface area contributed by atoms with Crippen LogP contribution in [0, 0.1) is 0 Å². The maximum absolute atomic E-state index is 12.0. The number of phenols is 2. The summed E-state index contributed by atoms with van der Waals surface area (Å²) in [6.45, 7) is 0.0142. The number of anilines is 1. The number of amides is 1. The van der Waals surface area contributed by atoms with E-state index in [1.165, 1.54) is 12.3 Å². The van der Waals surface area contributed by atoms with Crippen molar-refractivity contribution in [1.82, 2.24) is 10.4 Å². The monoisotopic (exact) mass is 492 g/mol. The fourth-order valence-corrected chi connectivity index (χ4v) is 3.52. The van der Waals surface area contributed by atoms with E-state index < -0.39 is 0 Å². The fraction of sp³-hybridized carbons (Fsp3) is 0.0556. The normalized spacial score (nSPS) is 11.0. The molecule has 9 heteroatoms. The van der Waals surface area contributed by atoms with Crippen LogP contribution in [0.3, 0.4) is 0 Å². The number of benzene rings is 2. The molecule has 0 spiro atoms. The number of pyridine rings is 1. The van der Waals surface area contributed by atoms with Crippen molar-refractivity contribution in [2.45, 2.75) is 0 Å². The molecular formula is C18H14Br2N4O3. The summed E-state index contributed by atoms with van der Waals surface area (Å²) in [6, 6.07) is 10.8. The lowest BCUT2D eigenvalue weighted by molar-refractivity contribution is -0.119. The van der Waals surface area contributed by atoms with Gasteiger partial charge in [0.1, 0.15) is 16.0 Å². The molecule has 0 radical (unpaired) electrons. The first kappa shape index (κ1) is 19.1. The van der Waals surface area contributed by atoms with Crippen LogP contribution in [0.25, 0.3) is 10.9 Å². The molecule has 27 heavy (non-hydrogen) atoms. The van der Waals surface area contributed by atoms with Gasteiger partial charge >= 0.3 is 0 Å². The van der Waals surface area contributed by atoms with Gasteiger partial charge in [-0.2, -0.15) is 5.10 Å². The van der Waals surface area contributed by atoms with Crippen LogP contribution in [0.15, 0.2) is 56.6 Å². The van der Waals surface area contributed by atoms with Gasteiger partial charge < -0.3 is 15.5 Å². The SMILES string of the molecule is O=C(CNc1cccc2ncccc12)N/N=C/c1cc(Br)c(O)c(Br)c1O. The fourth-order valence-electron chi connectivity index (χ4n) is 2.36. The number of phenolic OH excluding ortho intramolecular Hbond substituents is 2. The summed E-state index contributed by atoms with van der Waals surface area (Å²) in [4.78, 5) is 16.3. The minimum absolute atomic E-state index is 0.0142. The van der Waals surface area contributed by atoms with Gasteiger partial charge in [-0.15, -0.1) is 0 Å². The van der Waals surface area contributed by atoms with E-state index in [1.807, 2.05) is 30.3 Å². The van der Waals surface area contributed by atoms with Gasteiger partial charge in [-0.25, -0.2) is 5.43 Å². The lowest BCUT2D eigenvalue weighted by atomic mass is 10.2. The van der Waals surface area contributed by atoms with Crippen LogP contribution in [-0.2, 0) is 4.79 Å². The average Bonchev–Trinajstić information content (AvgIpc) is 2.68. The van der Waals surface area contributed by atoms with Crippen LogP contribution in [-0.4, -0.2) is 33.9 Å². The molecule has 1 amide bonds. The van der Waals surface area contributed by atoms with Crippen LogP contribution in [0.5, 0.6) is 11.5 Å². The number of halogens is 2. The zero-order valence-corrected chi connectivity index (χ0v) is 17.0. The molecule has 1 aromatic heterocycles. The molecule has 0 saturated carbocycles. The topological polar surface area (TPSA) is 107 Å². The lowest BCUT2D eigenvalue weighted by Gasteiger charge is -2.08. The van der Waals surface area contributed by atoms with Gasteiger partial charge in [-0.1, -0.05) is 6.07 Å². The summed E-state index contributed by atoms with van der Waals surface area (Å²) >= 11 is 6.25. The minimum Gasteiger partial charge on any atom is -0.506 e. The van der Waals surface area contributed by atoms with Crippen molar-refractivity contribution in [2.24, 2.45) is 5.10 Å². The molecule has 138 valence electrons. The quantitative estimate of drug-likeness (QED) is 0.320. The van der Waals surface area contributed by atoms with Gasteiger partial charge in [0.05, 0.1) is 22.7 Å². The first-order chi connectivity index (χ1) is 13.0. The molecule has 3 aromatic rings. The van der Waals surface area contributed by atoms with Crippen molar-refractivity contribution in [3.8, 4) is 11.5 Å². The number of carbonyl (C=O) groups excluding carboxylic acids is 1. The highest BCUT2D eigenvalue weighted by Gasteiger charge is 2.12. The number of hydrazone groups is 1. The number of carbonyl (C=O) groups is 1. The molecule has 0 atom stereocenters. The molecule has 0 fully saturated rings. The Balaban J connectivity index is 1.63. The highest BCUT2D eigenvalue weighted by molar-refractivity contribution is 9.11. The van der Waals surface area contributed by atoms with Crippen molar-refractivity contribution in [3.05, 3.63) is 57.1 Å². The zero-order valence-electron chi connectivity index (χ0n) is 13.8. The van der Waals surface area contributed by atoms with E-state index in [4.69, 9.17) is 0 Å².